The Morgan fingerprint density at radius 3 is 2.25 bits per heavy atom. The number of nitrogens with one attached hydrogen (secondary N) is 2. The Morgan fingerprint density at radius 2 is 1.85 bits per heavy atom. The van der Waals surface area contributed by atoms with Gasteiger partial charge in [-0.05, 0) is 6.92 Å². The lowest BCUT2D eigenvalue weighted by Gasteiger charge is -2.17. The van der Waals surface area contributed by atoms with Crippen LogP contribution in [-0.2, 0) is 19.2 Å². The zero-order valence-electron chi connectivity index (χ0n) is 10.8. The van der Waals surface area contributed by atoms with Crippen molar-refractivity contribution in [3.8, 4) is 0 Å². The minimum Gasteiger partial charge on any atom is -0.391 e. The third kappa shape index (κ3) is 5.73. The molecule has 0 unspecified atom stereocenters. The Kier molecular flexibility index (Phi) is 7.36. The summed E-state index contributed by atoms with van der Waals surface area (Å²) < 4.78 is 0. The molecule has 0 radical (unpaired) electrons. The van der Waals surface area contributed by atoms with Gasteiger partial charge in [0.2, 0.25) is 17.7 Å². The molecule has 0 aliphatic carbocycles. The molecule has 0 aromatic heterocycles. The molecule has 8 N–H and O–H groups in total. The first-order valence-corrected chi connectivity index (χ1v) is 5.64. The Hall–Kier alpha value is -2.04. The van der Waals surface area contributed by atoms with Crippen LogP contribution in [0.4, 0.5) is 0 Å². The zero-order valence-corrected chi connectivity index (χ0v) is 10.8. The van der Waals surface area contributed by atoms with E-state index in [0.29, 0.717) is 0 Å². The lowest BCUT2D eigenvalue weighted by atomic mass is 10.1. The van der Waals surface area contributed by atoms with E-state index >= 15 is 0 Å². The average Bonchev–Trinajstić information content (AvgIpc) is 2.39. The number of carbonyl (C=O) groups is 4. The normalized spacial score (nSPS) is 16.4. The molecule has 0 fully saturated rings. The molecule has 0 aliphatic rings. The first-order chi connectivity index (χ1) is 9.20. The van der Waals surface area contributed by atoms with Gasteiger partial charge in [-0.25, -0.2) is 0 Å². The molecule has 0 saturated carbocycles. The Labute approximate surface area is 114 Å². The summed E-state index contributed by atoms with van der Waals surface area (Å²) >= 11 is 0. The number of nitrogens with two attached hydrogens (primary N) is 2. The van der Waals surface area contributed by atoms with Crippen molar-refractivity contribution in [3.63, 3.8) is 0 Å². The molecule has 0 aromatic carbocycles. The van der Waals surface area contributed by atoms with Crippen molar-refractivity contribution >= 4 is 24.0 Å². The number of carbonyl (C=O) groups excluding carboxylic acids is 4. The zero-order chi connectivity index (χ0) is 15.9. The molecule has 0 rings (SSSR count). The molecule has 0 bridgehead atoms. The van der Waals surface area contributed by atoms with Crippen molar-refractivity contribution in [1.82, 2.24) is 10.6 Å². The molecule has 0 saturated heterocycles. The molecule has 3 amide bonds. The monoisotopic (exact) mass is 290 g/mol. The van der Waals surface area contributed by atoms with Crippen LogP contribution in [-0.4, -0.2) is 65.1 Å². The maximum absolute atomic E-state index is 11.4. The fourth-order valence-electron chi connectivity index (χ4n) is 1.11. The highest BCUT2D eigenvalue weighted by Crippen LogP contribution is 1.90. The van der Waals surface area contributed by atoms with E-state index in [9.17, 15) is 24.3 Å². The Balaban J connectivity index is 4.32. The lowest BCUT2D eigenvalue weighted by molar-refractivity contribution is -0.133. The number of hydrogen-bond donors (Lipinski definition) is 6. The number of amides is 3. The summed E-state index contributed by atoms with van der Waals surface area (Å²) in [6.45, 7) is 0.755. The second-order valence-electron chi connectivity index (χ2n) is 4.06. The fraction of sp³-hybridized carbons (Fsp3) is 0.600. The van der Waals surface area contributed by atoms with Crippen molar-refractivity contribution in [2.45, 2.75) is 31.2 Å². The van der Waals surface area contributed by atoms with Crippen LogP contribution in [0.5, 0.6) is 0 Å². The number of aldehydes is 1. The number of hydrogen-bond acceptors (Lipinski definition) is 7. The molecule has 0 aromatic rings. The van der Waals surface area contributed by atoms with Gasteiger partial charge >= 0.3 is 0 Å². The van der Waals surface area contributed by atoms with Crippen LogP contribution >= 0.6 is 0 Å². The van der Waals surface area contributed by atoms with Crippen LogP contribution < -0.4 is 22.1 Å². The minimum absolute atomic E-state index is 0.136. The second kappa shape index (κ2) is 8.19. The molecule has 10 heteroatoms. The first kappa shape index (κ1) is 18.0. The van der Waals surface area contributed by atoms with Gasteiger partial charge in [0.05, 0.1) is 12.6 Å². The van der Waals surface area contributed by atoms with Gasteiger partial charge in [0.15, 0.2) is 6.10 Å². The molecule has 4 atom stereocenters. The van der Waals surface area contributed by atoms with Gasteiger partial charge in [0.25, 0.3) is 0 Å². The van der Waals surface area contributed by atoms with Gasteiger partial charge in [0.1, 0.15) is 18.4 Å². The van der Waals surface area contributed by atoms with Crippen molar-refractivity contribution in [3.05, 3.63) is 0 Å². The molecular formula is C10H18N4O6. The van der Waals surface area contributed by atoms with Crippen LogP contribution in [0.25, 0.3) is 0 Å². The summed E-state index contributed by atoms with van der Waals surface area (Å²) in [5, 5.41) is 22.4. The molecule has 0 spiro atoms. The number of rotatable bonds is 8. The Morgan fingerprint density at radius 1 is 1.30 bits per heavy atom. The second-order valence-corrected chi connectivity index (χ2v) is 4.06. The van der Waals surface area contributed by atoms with Crippen molar-refractivity contribution in [1.29, 1.82) is 0 Å². The molecule has 0 aliphatic heterocycles. The fourth-order valence-corrected chi connectivity index (χ4v) is 1.11. The largest absolute Gasteiger partial charge is 0.391 e. The predicted molar refractivity (Wildman–Crippen MR) is 65.9 cm³/mol. The molecule has 114 valence electrons. The topological polar surface area (TPSA) is 185 Å². The van der Waals surface area contributed by atoms with E-state index in [2.05, 4.69) is 5.32 Å². The summed E-state index contributed by atoms with van der Waals surface area (Å²) in [5.41, 5.74) is 10.1. The predicted octanol–water partition coefficient (Wildman–Crippen LogP) is -4.66. The number of aliphatic hydroxyl groups is 2. The first-order valence-electron chi connectivity index (χ1n) is 5.64. The van der Waals surface area contributed by atoms with E-state index in [1.54, 1.807) is 0 Å². The molecular weight excluding hydrogens is 272 g/mol. The van der Waals surface area contributed by atoms with Gasteiger partial charge in [-0.2, -0.15) is 0 Å². The van der Waals surface area contributed by atoms with Crippen LogP contribution in [0.1, 0.15) is 6.92 Å². The van der Waals surface area contributed by atoms with Crippen molar-refractivity contribution in [2.24, 2.45) is 11.5 Å². The van der Waals surface area contributed by atoms with E-state index < -0.39 is 48.6 Å². The minimum atomic E-state index is -1.87. The highest BCUT2D eigenvalue weighted by atomic mass is 16.3. The third-order valence-electron chi connectivity index (χ3n) is 2.35. The molecule has 10 nitrogen and oxygen atoms in total. The highest BCUT2D eigenvalue weighted by Gasteiger charge is 2.25. The highest BCUT2D eigenvalue weighted by molar-refractivity contribution is 5.90. The molecule has 0 heterocycles. The number of primary amides is 1. The molecule has 20 heavy (non-hydrogen) atoms. The van der Waals surface area contributed by atoms with Gasteiger partial charge in [-0.3, -0.25) is 14.4 Å². The smallest absolute Gasteiger partial charge is 0.248 e. The van der Waals surface area contributed by atoms with Crippen molar-refractivity contribution < 1.29 is 29.4 Å². The van der Waals surface area contributed by atoms with Crippen LogP contribution in [0, 0.1) is 0 Å². The third-order valence-corrected chi connectivity index (χ3v) is 2.35. The quantitative estimate of drug-likeness (QED) is 0.242. The maximum Gasteiger partial charge on any atom is 0.248 e. The van der Waals surface area contributed by atoms with Crippen LogP contribution in [0.15, 0.2) is 0 Å². The average molecular weight is 290 g/mol. The summed E-state index contributed by atoms with van der Waals surface area (Å²) in [7, 11) is 0. The van der Waals surface area contributed by atoms with E-state index in [1.165, 1.54) is 6.92 Å². The van der Waals surface area contributed by atoms with Gasteiger partial charge in [-0.15, -0.1) is 0 Å². The Bertz CT molecular complexity index is 386. The van der Waals surface area contributed by atoms with Gasteiger partial charge in [-0.1, -0.05) is 0 Å². The van der Waals surface area contributed by atoms with E-state index in [1.807, 2.05) is 5.32 Å². The summed E-state index contributed by atoms with van der Waals surface area (Å²) in [6.07, 6.45) is -2.83. The van der Waals surface area contributed by atoms with Crippen LogP contribution in [0.2, 0.25) is 0 Å². The SMILES string of the molecule is C[C@H](O)[C@H](N)C(=O)NCC(=O)N[C@H](C=O)[C@@H](O)C(N)=O. The van der Waals surface area contributed by atoms with Gasteiger partial charge in [0, 0.05) is 0 Å². The van der Waals surface area contributed by atoms with E-state index in [0.717, 1.165) is 0 Å². The summed E-state index contributed by atoms with van der Waals surface area (Å²) in [4.78, 5) is 44.0. The maximum atomic E-state index is 11.4. The summed E-state index contributed by atoms with van der Waals surface area (Å²) in [5.74, 6) is -2.79. The van der Waals surface area contributed by atoms with E-state index in [4.69, 9.17) is 16.6 Å². The van der Waals surface area contributed by atoms with Gasteiger partial charge < -0.3 is 37.1 Å². The number of aliphatic hydroxyl groups excluding tert-OH is 2. The van der Waals surface area contributed by atoms with Crippen LogP contribution in [0.3, 0.4) is 0 Å². The summed E-state index contributed by atoms with van der Waals surface area (Å²) in [6, 6.07) is -2.72. The standard InChI is InChI=1S/C10H18N4O6/c1-4(16)7(11)10(20)13-2-6(17)14-5(3-15)8(18)9(12)19/h3-5,7-8,16,18H,2,11H2,1H3,(H2,12,19)(H,13,20)(H,14,17)/t4-,5+,7-,8+/m0/s1. The van der Waals surface area contributed by atoms with E-state index in [-0.39, 0.29) is 6.29 Å². The lowest BCUT2D eigenvalue weighted by Crippen LogP contribution is -2.54. The van der Waals surface area contributed by atoms with Crippen molar-refractivity contribution in [2.75, 3.05) is 6.54 Å².